The largest absolute Gasteiger partial charge is 0.409 e. The standard InChI is InChI=1S/C13H13Br2N3OS/c1-18(6-10-4-8(14)7-20-10)9-2-3-11(12(15)5-9)13(16)17-19/h2-5,7,19H,6H2,1H3,(H2,16,17). The highest BCUT2D eigenvalue weighted by molar-refractivity contribution is 9.10. The summed E-state index contributed by atoms with van der Waals surface area (Å²) in [5.74, 6) is 0.0910. The van der Waals surface area contributed by atoms with Gasteiger partial charge in [0.1, 0.15) is 0 Å². The van der Waals surface area contributed by atoms with Gasteiger partial charge in [0.25, 0.3) is 0 Å². The number of rotatable bonds is 4. The molecule has 2 rings (SSSR count). The molecular weight excluding hydrogens is 406 g/mol. The smallest absolute Gasteiger partial charge is 0.171 e. The summed E-state index contributed by atoms with van der Waals surface area (Å²) in [4.78, 5) is 3.41. The van der Waals surface area contributed by atoms with Gasteiger partial charge in [0.15, 0.2) is 5.84 Å². The zero-order chi connectivity index (χ0) is 14.7. The highest BCUT2D eigenvalue weighted by Gasteiger charge is 2.09. The molecular formula is C13H13Br2N3OS. The van der Waals surface area contributed by atoms with Crippen molar-refractivity contribution in [2.75, 3.05) is 11.9 Å². The molecule has 0 saturated carbocycles. The molecule has 1 aromatic heterocycles. The van der Waals surface area contributed by atoms with Gasteiger partial charge >= 0.3 is 0 Å². The van der Waals surface area contributed by atoms with Gasteiger partial charge in [-0.25, -0.2) is 0 Å². The van der Waals surface area contributed by atoms with Crippen LogP contribution in [0, 0.1) is 0 Å². The molecule has 0 aliphatic carbocycles. The summed E-state index contributed by atoms with van der Waals surface area (Å²) in [7, 11) is 2.03. The summed E-state index contributed by atoms with van der Waals surface area (Å²) in [5.41, 5.74) is 7.32. The van der Waals surface area contributed by atoms with Crippen LogP contribution in [-0.2, 0) is 6.54 Å². The fourth-order valence-electron chi connectivity index (χ4n) is 1.76. The van der Waals surface area contributed by atoms with Gasteiger partial charge in [-0.15, -0.1) is 11.3 Å². The minimum Gasteiger partial charge on any atom is -0.409 e. The van der Waals surface area contributed by atoms with E-state index in [9.17, 15) is 0 Å². The van der Waals surface area contributed by atoms with Gasteiger partial charge in [-0.2, -0.15) is 0 Å². The van der Waals surface area contributed by atoms with E-state index in [1.54, 1.807) is 11.3 Å². The predicted octanol–water partition coefficient (Wildman–Crippen LogP) is 4.00. The molecule has 106 valence electrons. The summed E-state index contributed by atoms with van der Waals surface area (Å²) < 4.78 is 1.90. The fraction of sp³-hybridized carbons (Fsp3) is 0.154. The Morgan fingerprint density at radius 1 is 1.40 bits per heavy atom. The van der Waals surface area contributed by atoms with Crippen LogP contribution in [0.25, 0.3) is 0 Å². The van der Waals surface area contributed by atoms with Crippen molar-refractivity contribution in [2.24, 2.45) is 10.9 Å². The Morgan fingerprint density at radius 3 is 2.70 bits per heavy atom. The van der Waals surface area contributed by atoms with Crippen LogP contribution in [0.4, 0.5) is 5.69 Å². The predicted molar refractivity (Wildman–Crippen MR) is 90.8 cm³/mol. The zero-order valence-electron chi connectivity index (χ0n) is 10.7. The molecule has 0 spiro atoms. The highest BCUT2D eigenvalue weighted by Crippen LogP contribution is 2.26. The first-order valence-corrected chi connectivity index (χ1v) is 8.19. The first-order chi connectivity index (χ1) is 9.51. The molecule has 20 heavy (non-hydrogen) atoms. The van der Waals surface area contributed by atoms with E-state index in [2.05, 4.69) is 53.4 Å². The van der Waals surface area contributed by atoms with E-state index in [-0.39, 0.29) is 5.84 Å². The maximum absolute atomic E-state index is 8.72. The number of anilines is 1. The van der Waals surface area contributed by atoms with Crippen LogP contribution in [0.1, 0.15) is 10.4 Å². The molecule has 0 amide bonds. The average Bonchev–Trinajstić information content (AvgIpc) is 2.83. The molecule has 0 bridgehead atoms. The van der Waals surface area contributed by atoms with Crippen molar-refractivity contribution >= 4 is 54.7 Å². The summed E-state index contributed by atoms with van der Waals surface area (Å²) in [5, 5.41) is 13.8. The molecule has 7 heteroatoms. The van der Waals surface area contributed by atoms with Crippen LogP contribution in [-0.4, -0.2) is 18.1 Å². The molecule has 0 aliphatic heterocycles. The van der Waals surface area contributed by atoms with Crippen molar-refractivity contribution in [3.05, 3.63) is 49.0 Å². The van der Waals surface area contributed by atoms with Gasteiger partial charge in [-0.3, -0.25) is 0 Å². The fourth-order valence-corrected chi connectivity index (χ4v) is 3.84. The molecule has 0 radical (unpaired) electrons. The third-order valence-corrected chi connectivity index (χ3v) is 5.13. The molecule has 4 nitrogen and oxygen atoms in total. The third-order valence-electron chi connectivity index (χ3n) is 2.79. The van der Waals surface area contributed by atoms with Crippen LogP contribution in [0.15, 0.2) is 43.7 Å². The second-order valence-corrected chi connectivity index (χ2v) is 7.00. The van der Waals surface area contributed by atoms with Crippen molar-refractivity contribution in [3.8, 4) is 0 Å². The summed E-state index contributed by atoms with van der Waals surface area (Å²) in [6.07, 6.45) is 0. The van der Waals surface area contributed by atoms with E-state index >= 15 is 0 Å². The minimum atomic E-state index is 0.0910. The van der Waals surface area contributed by atoms with E-state index in [0.29, 0.717) is 5.56 Å². The van der Waals surface area contributed by atoms with Gasteiger partial charge in [-0.05, 0) is 56.1 Å². The lowest BCUT2D eigenvalue weighted by Gasteiger charge is -2.19. The van der Waals surface area contributed by atoms with Crippen LogP contribution in [0.5, 0.6) is 0 Å². The first kappa shape index (κ1) is 15.3. The molecule has 1 aromatic carbocycles. The maximum atomic E-state index is 8.72. The molecule has 0 aliphatic rings. The van der Waals surface area contributed by atoms with Gasteiger partial charge in [0, 0.05) is 37.5 Å². The Bertz CT molecular complexity index is 642. The minimum absolute atomic E-state index is 0.0910. The second kappa shape index (κ2) is 6.60. The zero-order valence-corrected chi connectivity index (χ0v) is 14.7. The molecule has 0 saturated heterocycles. The molecule has 0 fully saturated rings. The van der Waals surface area contributed by atoms with Crippen molar-refractivity contribution in [1.82, 2.24) is 0 Å². The number of halogens is 2. The summed E-state index contributed by atoms with van der Waals surface area (Å²) in [6.45, 7) is 0.825. The van der Waals surface area contributed by atoms with E-state index in [1.165, 1.54) is 4.88 Å². The lowest BCUT2D eigenvalue weighted by molar-refractivity contribution is 0.318. The molecule has 2 aromatic rings. The lowest BCUT2D eigenvalue weighted by Crippen LogP contribution is -2.17. The number of nitrogens with zero attached hydrogens (tertiary/aromatic N) is 2. The van der Waals surface area contributed by atoms with Crippen molar-refractivity contribution in [1.29, 1.82) is 0 Å². The van der Waals surface area contributed by atoms with Gasteiger partial charge < -0.3 is 15.8 Å². The first-order valence-electron chi connectivity index (χ1n) is 5.72. The normalized spacial score (nSPS) is 11.7. The maximum Gasteiger partial charge on any atom is 0.171 e. The molecule has 3 N–H and O–H groups in total. The Labute approximate surface area is 138 Å². The number of amidine groups is 1. The van der Waals surface area contributed by atoms with Crippen LogP contribution in [0.2, 0.25) is 0 Å². The Morgan fingerprint density at radius 2 is 2.15 bits per heavy atom. The van der Waals surface area contributed by atoms with Gasteiger partial charge in [0.2, 0.25) is 0 Å². The number of nitrogens with two attached hydrogens (primary N) is 1. The molecule has 1 heterocycles. The third kappa shape index (κ3) is 3.53. The van der Waals surface area contributed by atoms with Gasteiger partial charge in [0.05, 0.1) is 6.54 Å². The van der Waals surface area contributed by atoms with E-state index in [4.69, 9.17) is 10.9 Å². The Kier molecular flexibility index (Phi) is 5.06. The number of benzene rings is 1. The molecule has 0 unspecified atom stereocenters. The Hall–Kier alpha value is -1.05. The number of oxime groups is 1. The van der Waals surface area contributed by atoms with Crippen molar-refractivity contribution in [2.45, 2.75) is 6.54 Å². The number of hydrogen-bond donors (Lipinski definition) is 2. The second-order valence-electron chi connectivity index (χ2n) is 4.24. The van der Waals surface area contributed by atoms with E-state index in [1.807, 2.05) is 25.2 Å². The average molecular weight is 419 g/mol. The van der Waals surface area contributed by atoms with Gasteiger partial charge in [-0.1, -0.05) is 5.16 Å². The number of thiophene rings is 1. The van der Waals surface area contributed by atoms with E-state index in [0.717, 1.165) is 21.2 Å². The van der Waals surface area contributed by atoms with Crippen LogP contribution in [0.3, 0.4) is 0 Å². The summed E-state index contributed by atoms with van der Waals surface area (Å²) in [6, 6.07) is 7.84. The van der Waals surface area contributed by atoms with Crippen LogP contribution >= 0.6 is 43.2 Å². The highest BCUT2D eigenvalue weighted by atomic mass is 79.9. The molecule has 0 atom stereocenters. The van der Waals surface area contributed by atoms with Crippen molar-refractivity contribution < 1.29 is 5.21 Å². The van der Waals surface area contributed by atoms with Crippen LogP contribution < -0.4 is 10.6 Å². The van der Waals surface area contributed by atoms with Crippen molar-refractivity contribution in [3.63, 3.8) is 0 Å². The Balaban J connectivity index is 2.18. The quantitative estimate of drug-likeness (QED) is 0.341. The topological polar surface area (TPSA) is 61.8 Å². The van der Waals surface area contributed by atoms with E-state index < -0.39 is 0 Å². The lowest BCUT2D eigenvalue weighted by atomic mass is 10.2. The number of hydrogen-bond acceptors (Lipinski definition) is 4. The monoisotopic (exact) mass is 417 g/mol. The SMILES string of the molecule is CN(Cc1cc(Br)cs1)c1ccc(/C(N)=N/O)c(Br)c1. The summed E-state index contributed by atoms with van der Waals surface area (Å²) >= 11 is 8.62.